The maximum atomic E-state index is 11.2. The zero-order chi connectivity index (χ0) is 14.4. The summed E-state index contributed by atoms with van der Waals surface area (Å²) >= 11 is 0. The van der Waals surface area contributed by atoms with Crippen LogP contribution in [0.5, 0.6) is 5.75 Å². The molecule has 0 bridgehead atoms. The highest BCUT2D eigenvalue weighted by molar-refractivity contribution is 5.73. The van der Waals surface area contributed by atoms with Crippen LogP contribution < -0.4 is 10.1 Å². The first-order chi connectivity index (χ1) is 9.72. The van der Waals surface area contributed by atoms with Crippen LogP contribution in [0.3, 0.4) is 0 Å². The van der Waals surface area contributed by atoms with Crippen LogP contribution in [0.15, 0.2) is 48.5 Å². The minimum atomic E-state index is -0.240. The molecule has 0 aliphatic rings. The molecule has 0 heterocycles. The van der Waals surface area contributed by atoms with Gasteiger partial charge in [-0.3, -0.25) is 4.79 Å². The lowest BCUT2D eigenvalue weighted by Gasteiger charge is -2.11. The van der Waals surface area contributed by atoms with Gasteiger partial charge in [-0.2, -0.15) is 0 Å². The predicted molar refractivity (Wildman–Crippen MR) is 78.4 cm³/mol. The Morgan fingerprint density at radius 1 is 1.05 bits per heavy atom. The van der Waals surface area contributed by atoms with Crippen molar-refractivity contribution in [1.29, 1.82) is 0 Å². The number of para-hydroxylation sites is 2. The smallest absolute Gasteiger partial charge is 0.309 e. The normalized spacial score (nSPS) is 9.90. The topological polar surface area (TPSA) is 47.6 Å². The van der Waals surface area contributed by atoms with Gasteiger partial charge in [-0.1, -0.05) is 24.3 Å². The Kier molecular flexibility index (Phi) is 4.60. The second-order valence-electron chi connectivity index (χ2n) is 4.28. The van der Waals surface area contributed by atoms with Crippen molar-refractivity contribution in [2.24, 2.45) is 0 Å². The maximum absolute atomic E-state index is 11.2. The van der Waals surface area contributed by atoms with E-state index in [9.17, 15) is 4.79 Å². The predicted octanol–water partition coefficient (Wildman–Crippen LogP) is 3.15. The lowest BCUT2D eigenvalue weighted by Crippen LogP contribution is -2.04. The molecule has 0 fully saturated rings. The van der Waals surface area contributed by atoms with Gasteiger partial charge in [0.25, 0.3) is 0 Å². The number of methoxy groups -OCH3 is 2. The first kappa shape index (κ1) is 13.9. The number of ether oxygens (including phenoxy) is 2. The van der Waals surface area contributed by atoms with Gasteiger partial charge in [0.2, 0.25) is 0 Å². The molecule has 0 unspecified atom stereocenters. The molecule has 4 heteroatoms. The third-order valence-electron chi connectivity index (χ3n) is 2.92. The number of rotatable bonds is 5. The number of anilines is 2. The van der Waals surface area contributed by atoms with E-state index in [1.165, 1.54) is 7.11 Å². The molecule has 0 atom stereocenters. The molecule has 0 radical (unpaired) electrons. The molecule has 4 nitrogen and oxygen atoms in total. The molecule has 0 aliphatic heterocycles. The van der Waals surface area contributed by atoms with Gasteiger partial charge in [0, 0.05) is 5.69 Å². The molecule has 0 saturated carbocycles. The summed E-state index contributed by atoms with van der Waals surface area (Å²) < 4.78 is 9.92. The second-order valence-corrected chi connectivity index (χ2v) is 4.28. The second kappa shape index (κ2) is 6.61. The number of carbonyl (C=O) groups excluding carboxylic acids is 1. The van der Waals surface area contributed by atoms with E-state index >= 15 is 0 Å². The summed E-state index contributed by atoms with van der Waals surface area (Å²) in [5.74, 6) is 0.543. The van der Waals surface area contributed by atoms with Crippen molar-refractivity contribution in [2.45, 2.75) is 6.42 Å². The van der Waals surface area contributed by atoms with Crippen LogP contribution in [0, 0.1) is 0 Å². The zero-order valence-corrected chi connectivity index (χ0v) is 11.6. The maximum Gasteiger partial charge on any atom is 0.309 e. The fraction of sp³-hybridized carbons (Fsp3) is 0.188. The molecule has 2 aromatic carbocycles. The molecule has 0 aromatic heterocycles. The summed E-state index contributed by atoms with van der Waals surface area (Å²) in [7, 11) is 3.03. The molecular formula is C16H17NO3. The lowest BCUT2D eigenvalue weighted by atomic mass is 10.1. The van der Waals surface area contributed by atoms with Gasteiger partial charge in [-0.25, -0.2) is 0 Å². The summed E-state index contributed by atoms with van der Waals surface area (Å²) in [6, 6.07) is 15.3. The van der Waals surface area contributed by atoms with E-state index in [0.29, 0.717) is 0 Å². The Balaban J connectivity index is 2.09. The minimum absolute atomic E-state index is 0.240. The number of esters is 1. The van der Waals surface area contributed by atoms with Crippen LogP contribution in [0.25, 0.3) is 0 Å². The van der Waals surface area contributed by atoms with E-state index in [1.54, 1.807) is 7.11 Å². The van der Waals surface area contributed by atoms with Crippen molar-refractivity contribution in [3.8, 4) is 5.75 Å². The van der Waals surface area contributed by atoms with E-state index in [-0.39, 0.29) is 12.4 Å². The fourth-order valence-electron chi connectivity index (χ4n) is 1.85. The standard InChI is InChI=1S/C16H17NO3/c1-19-15-6-4-3-5-14(15)17-13-9-7-12(8-10-13)11-16(18)20-2/h3-10,17H,11H2,1-2H3. The Bertz CT molecular complexity index is 579. The first-order valence-corrected chi connectivity index (χ1v) is 6.28. The van der Waals surface area contributed by atoms with E-state index in [2.05, 4.69) is 10.1 Å². The highest BCUT2D eigenvalue weighted by Crippen LogP contribution is 2.26. The molecule has 0 spiro atoms. The van der Waals surface area contributed by atoms with Gasteiger partial charge in [0.05, 0.1) is 26.3 Å². The van der Waals surface area contributed by atoms with Crippen LogP contribution in [-0.2, 0) is 16.0 Å². The van der Waals surface area contributed by atoms with Crippen molar-refractivity contribution in [1.82, 2.24) is 0 Å². The number of benzene rings is 2. The average molecular weight is 271 g/mol. The third-order valence-corrected chi connectivity index (χ3v) is 2.92. The molecule has 2 aromatic rings. The summed E-state index contributed by atoms with van der Waals surface area (Å²) in [6.07, 6.45) is 0.283. The summed E-state index contributed by atoms with van der Waals surface area (Å²) in [5, 5.41) is 3.28. The van der Waals surface area contributed by atoms with Gasteiger partial charge in [-0.05, 0) is 29.8 Å². The highest BCUT2D eigenvalue weighted by Gasteiger charge is 2.04. The molecule has 0 aliphatic carbocycles. The van der Waals surface area contributed by atoms with Crippen LogP contribution >= 0.6 is 0 Å². The van der Waals surface area contributed by atoms with Gasteiger partial charge in [0.15, 0.2) is 0 Å². The molecule has 104 valence electrons. The van der Waals surface area contributed by atoms with E-state index < -0.39 is 0 Å². The van der Waals surface area contributed by atoms with Crippen molar-refractivity contribution < 1.29 is 14.3 Å². The molecule has 2 rings (SSSR count). The molecule has 0 amide bonds. The lowest BCUT2D eigenvalue weighted by molar-refractivity contribution is -0.139. The van der Waals surface area contributed by atoms with Gasteiger partial charge in [-0.15, -0.1) is 0 Å². The average Bonchev–Trinajstić information content (AvgIpc) is 2.49. The van der Waals surface area contributed by atoms with Crippen LogP contribution in [0.2, 0.25) is 0 Å². The number of carbonyl (C=O) groups is 1. The molecule has 0 saturated heterocycles. The van der Waals surface area contributed by atoms with Crippen molar-refractivity contribution in [2.75, 3.05) is 19.5 Å². The van der Waals surface area contributed by atoms with Crippen molar-refractivity contribution >= 4 is 17.3 Å². The first-order valence-electron chi connectivity index (χ1n) is 6.28. The van der Waals surface area contributed by atoms with Crippen LogP contribution in [0.4, 0.5) is 11.4 Å². The van der Waals surface area contributed by atoms with Gasteiger partial charge < -0.3 is 14.8 Å². The van der Waals surface area contributed by atoms with Crippen LogP contribution in [0.1, 0.15) is 5.56 Å². The van der Waals surface area contributed by atoms with Crippen molar-refractivity contribution in [3.05, 3.63) is 54.1 Å². The molecule has 20 heavy (non-hydrogen) atoms. The summed E-state index contributed by atoms with van der Waals surface area (Å²) in [5.41, 5.74) is 2.75. The Labute approximate surface area is 118 Å². The minimum Gasteiger partial charge on any atom is -0.495 e. The number of hydrogen-bond acceptors (Lipinski definition) is 4. The largest absolute Gasteiger partial charge is 0.495 e. The van der Waals surface area contributed by atoms with Crippen molar-refractivity contribution in [3.63, 3.8) is 0 Å². The summed E-state index contributed by atoms with van der Waals surface area (Å²) in [4.78, 5) is 11.2. The monoisotopic (exact) mass is 271 g/mol. The number of hydrogen-bond donors (Lipinski definition) is 1. The van der Waals surface area contributed by atoms with Gasteiger partial charge >= 0.3 is 5.97 Å². The van der Waals surface area contributed by atoms with E-state index in [1.807, 2.05) is 48.5 Å². The number of nitrogens with one attached hydrogen (secondary N) is 1. The highest BCUT2D eigenvalue weighted by atomic mass is 16.5. The zero-order valence-electron chi connectivity index (χ0n) is 11.6. The third kappa shape index (κ3) is 3.51. The van der Waals surface area contributed by atoms with Crippen LogP contribution in [-0.4, -0.2) is 20.2 Å². The van der Waals surface area contributed by atoms with E-state index in [4.69, 9.17) is 4.74 Å². The van der Waals surface area contributed by atoms with Gasteiger partial charge in [0.1, 0.15) is 5.75 Å². The fourth-order valence-corrected chi connectivity index (χ4v) is 1.85. The summed E-state index contributed by atoms with van der Waals surface area (Å²) in [6.45, 7) is 0. The van der Waals surface area contributed by atoms with E-state index in [0.717, 1.165) is 22.7 Å². The SMILES string of the molecule is COC(=O)Cc1ccc(Nc2ccccc2OC)cc1. The molecule has 1 N–H and O–H groups in total. The Morgan fingerprint density at radius 2 is 1.75 bits per heavy atom. The Morgan fingerprint density at radius 3 is 2.40 bits per heavy atom. The quantitative estimate of drug-likeness (QED) is 0.849. The molecular weight excluding hydrogens is 254 g/mol. The Hall–Kier alpha value is -2.49.